The number of ether oxygens (including phenoxy) is 1. The highest BCUT2D eigenvalue weighted by molar-refractivity contribution is 7.21. The van der Waals surface area contributed by atoms with E-state index >= 15 is 4.39 Å². The topological polar surface area (TPSA) is 116 Å². The molecule has 2 saturated heterocycles. The first kappa shape index (κ1) is 23.0. The van der Waals surface area contributed by atoms with Crippen molar-refractivity contribution < 1.29 is 13.9 Å². The second-order valence-electron chi connectivity index (χ2n) is 10.0. The molecule has 0 saturated carbocycles. The van der Waals surface area contributed by atoms with E-state index in [0.717, 1.165) is 47.4 Å². The lowest BCUT2D eigenvalue weighted by molar-refractivity contribution is 0.0919. The highest BCUT2D eigenvalue weighted by Gasteiger charge is 2.35. The van der Waals surface area contributed by atoms with E-state index in [2.05, 4.69) is 26.6 Å². The Morgan fingerprint density at radius 2 is 2.08 bits per heavy atom. The monoisotopic (exact) mass is 506 g/mol. The molecule has 6 rings (SSSR count). The standard InChI is InChI=1S/C26H27FN6O2S/c1-12-5-13(2)30-26-21(12)23(29)24(36-26)25(34)32-16-6-17-20(35-11-16)7-19(18(8-28)22(17)27)33-9-14-3-4-15(10-33)31-14/h5,7,14-16,31H,3-4,6,9-11,29H2,1-2H3,(H,32,34)/t14?,15?,16-/m1/s1. The van der Waals surface area contributed by atoms with E-state index in [4.69, 9.17) is 10.5 Å². The van der Waals surface area contributed by atoms with Gasteiger partial charge in [-0.1, -0.05) is 0 Å². The third kappa shape index (κ3) is 3.74. The number of nitrogens with two attached hydrogens (primary N) is 1. The molecule has 0 aliphatic carbocycles. The number of fused-ring (bicyclic) bond motifs is 4. The van der Waals surface area contributed by atoms with Crippen LogP contribution in [0.2, 0.25) is 0 Å². The minimum absolute atomic E-state index is 0.0382. The fraction of sp³-hybridized carbons (Fsp3) is 0.423. The summed E-state index contributed by atoms with van der Waals surface area (Å²) in [6.45, 7) is 5.54. The van der Waals surface area contributed by atoms with Gasteiger partial charge in [0.15, 0.2) is 0 Å². The van der Waals surface area contributed by atoms with Gasteiger partial charge in [0.2, 0.25) is 0 Å². The Balaban J connectivity index is 1.25. The molecule has 3 atom stereocenters. The minimum atomic E-state index is -0.563. The zero-order valence-corrected chi connectivity index (χ0v) is 21.0. The maximum Gasteiger partial charge on any atom is 0.263 e. The second kappa shape index (κ2) is 8.61. The van der Waals surface area contributed by atoms with Gasteiger partial charge in [0, 0.05) is 54.3 Å². The molecule has 3 aromatic rings. The Kier molecular flexibility index (Phi) is 5.50. The summed E-state index contributed by atoms with van der Waals surface area (Å²) in [4.78, 5) is 20.8. The first-order chi connectivity index (χ1) is 17.3. The quantitative estimate of drug-likeness (QED) is 0.500. The zero-order chi connectivity index (χ0) is 25.1. The highest BCUT2D eigenvalue weighted by atomic mass is 32.1. The van der Waals surface area contributed by atoms with Crippen molar-refractivity contribution >= 4 is 38.8 Å². The van der Waals surface area contributed by atoms with Gasteiger partial charge in [-0.3, -0.25) is 4.79 Å². The fourth-order valence-corrected chi connectivity index (χ4v) is 6.92. The molecule has 4 N–H and O–H groups in total. The van der Waals surface area contributed by atoms with Crippen LogP contribution < -0.4 is 26.0 Å². The number of aromatic nitrogens is 1. The zero-order valence-electron chi connectivity index (χ0n) is 20.2. The van der Waals surface area contributed by atoms with Crippen LogP contribution in [0.4, 0.5) is 15.8 Å². The molecule has 0 radical (unpaired) electrons. The number of anilines is 2. The van der Waals surface area contributed by atoms with Crippen LogP contribution in [0.15, 0.2) is 12.1 Å². The third-order valence-electron chi connectivity index (χ3n) is 7.43. The van der Waals surface area contributed by atoms with Crippen LogP contribution in [0.25, 0.3) is 10.2 Å². The number of thiophene rings is 1. The van der Waals surface area contributed by atoms with E-state index in [1.165, 1.54) is 11.3 Å². The third-order valence-corrected chi connectivity index (χ3v) is 8.53. The van der Waals surface area contributed by atoms with Crippen molar-refractivity contribution in [1.29, 1.82) is 5.26 Å². The van der Waals surface area contributed by atoms with E-state index in [1.54, 1.807) is 6.07 Å². The van der Waals surface area contributed by atoms with Gasteiger partial charge in [0.25, 0.3) is 5.91 Å². The van der Waals surface area contributed by atoms with Gasteiger partial charge >= 0.3 is 0 Å². The van der Waals surface area contributed by atoms with Crippen molar-refractivity contribution in [2.24, 2.45) is 0 Å². The lowest BCUT2D eigenvalue weighted by Gasteiger charge is -2.36. The van der Waals surface area contributed by atoms with Crippen LogP contribution in [0, 0.1) is 31.0 Å². The molecule has 186 valence electrons. The largest absolute Gasteiger partial charge is 0.491 e. The van der Waals surface area contributed by atoms with Crippen LogP contribution in [0.3, 0.4) is 0 Å². The summed E-state index contributed by atoms with van der Waals surface area (Å²) in [5, 5.41) is 17.1. The number of carbonyl (C=O) groups excluding carboxylic acids is 1. The summed E-state index contributed by atoms with van der Waals surface area (Å²) in [5.41, 5.74) is 9.51. The predicted molar refractivity (Wildman–Crippen MR) is 137 cm³/mol. The van der Waals surface area contributed by atoms with Gasteiger partial charge in [-0.2, -0.15) is 5.26 Å². The summed E-state index contributed by atoms with van der Waals surface area (Å²) < 4.78 is 21.5. The number of piperazine rings is 1. The first-order valence-electron chi connectivity index (χ1n) is 12.2. The van der Waals surface area contributed by atoms with Gasteiger partial charge in [0.05, 0.1) is 17.4 Å². The van der Waals surface area contributed by atoms with E-state index in [0.29, 0.717) is 39.6 Å². The molecule has 2 fully saturated rings. The molecule has 2 aromatic heterocycles. The summed E-state index contributed by atoms with van der Waals surface area (Å²) >= 11 is 1.25. The first-order valence-corrected chi connectivity index (χ1v) is 13.0. The minimum Gasteiger partial charge on any atom is -0.491 e. The number of hydrogen-bond donors (Lipinski definition) is 3. The summed E-state index contributed by atoms with van der Waals surface area (Å²) in [5.74, 6) is -0.459. The molecule has 0 spiro atoms. The van der Waals surface area contributed by atoms with E-state index < -0.39 is 11.9 Å². The Morgan fingerprint density at radius 3 is 2.81 bits per heavy atom. The van der Waals surface area contributed by atoms with E-state index in [9.17, 15) is 10.1 Å². The van der Waals surface area contributed by atoms with Crippen molar-refractivity contribution in [2.75, 3.05) is 30.3 Å². The Hall–Kier alpha value is -3.42. The average molecular weight is 507 g/mol. The number of hydrogen-bond acceptors (Lipinski definition) is 8. The number of amides is 1. The molecular formula is C26H27FN6O2S. The lowest BCUT2D eigenvalue weighted by Crippen LogP contribution is -2.51. The van der Waals surface area contributed by atoms with E-state index in [-0.39, 0.29) is 24.5 Å². The number of carbonyl (C=O) groups is 1. The van der Waals surface area contributed by atoms with Gasteiger partial charge in [-0.05, 0) is 38.3 Å². The van der Waals surface area contributed by atoms with Crippen LogP contribution in [-0.4, -0.2) is 48.7 Å². The van der Waals surface area contributed by atoms with Crippen molar-refractivity contribution in [3.63, 3.8) is 0 Å². The van der Waals surface area contributed by atoms with Crippen molar-refractivity contribution in [1.82, 2.24) is 15.6 Å². The number of nitrogens with zero attached hydrogens (tertiary/aromatic N) is 3. The Morgan fingerprint density at radius 1 is 1.33 bits per heavy atom. The maximum atomic E-state index is 15.6. The fourth-order valence-electron chi connectivity index (χ4n) is 5.80. The summed E-state index contributed by atoms with van der Waals surface area (Å²) in [6.07, 6.45) is 2.41. The number of nitriles is 1. The number of rotatable bonds is 3. The van der Waals surface area contributed by atoms with Crippen LogP contribution in [0.1, 0.15) is 44.9 Å². The normalized spacial score (nSPS) is 22.7. The van der Waals surface area contributed by atoms with Gasteiger partial charge in [0.1, 0.15) is 39.5 Å². The van der Waals surface area contributed by atoms with Crippen LogP contribution in [-0.2, 0) is 6.42 Å². The molecule has 36 heavy (non-hydrogen) atoms. The SMILES string of the molecule is Cc1cc(C)c2c(N)c(C(=O)N[C@H]3COc4cc(N5CC6CCC(C5)N6)c(C#N)c(F)c4C3)sc2n1. The van der Waals surface area contributed by atoms with Gasteiger partial charge < -0.3 is 26.0 Å². The molecule has 3 aliphatic heterocycles. The number of halogens is 1. The predicted octanol–water partition coefficient (Wildman–Crippen LogP) is 3.18. The molecule has 1 amide bonds. The maximum absolute atomic E-state index is 15.6. The molecule has 5 heterocycles. The summed E-state index contributed by atoms with van der Waals surface area (Å²) in [6, 6.07) is 6.07. The van der Waals surface area contributed by atoms with Crippen molar-refractivity contribution in [3.8, 4) is 11.8 Å². The average Bonchev–Trinajstić information content (AvgIpc) is 3.36. The Labute approximate surface area is 212 Å². The number of nitrogens with one attached hydrogen (secondary N) is 2. The highest BCUT2D eigenvalue weighted by Crippen LogP contribution is 2.38. The smallest absolute Gasteiger partial charge is 0.263 e. The lowest BCUT2D eigenvalue weighted by atomic mass is 9.97. The molecule has 8 nitrogen and oxygen atoms in total. The van der Waals surface area contributed by atoms with Crippen LogP contribution in [0.5, 0.6) is 5.75 Å². The molecule has 1 aromatic carbocycles. The molecule has 2 unspecified atom stereocenters. The summed E-state index contributed by atoms with van der Waals surface area (Å²) in [7, 11) is 0. The molecule has 2 bridgehead atoms. The van der Waals surface area contributed by atoms with Crippen molar-refractivity contribution in [3.05, 3.63) is 45.2 Å². The van der Waals surface area contributed by atoms with Crippen molar-refractivity contribution in [2.45, 2.75) is 51.2 Å². The van der Waals surface area contributed by atoms with E-state index in [1.807, 2.05) is 19.9 Å². The van der Waals surface area contributed by atoms with Gasteiger partial charge in [-0.25, -0.2) is 9.37 Å². The molecule has 10 heteroatoms. The number of pyridine rings is 1. The van der Waals surface area contributed by atoms with Crippen LogP contribution >= 0.6 is 11.3 Å². The Bertz CT molecular complexity index is 1430. The number of benzene rings is 1. The number of nitrogen functional groups attached to an aromatic ring is 1. The molecule has 3 aliphatic rings. The van der Waals surface area contributed by atoms with Gasteiger partial charge in [-0.15, -0.1) is 11.3 Å². The number of aryl methyl sites for hydroxylation is 2. The molecular weight excluding hydrogens is 479 g/mol. The second-order valence-corrected chi connectivity index (χ2v) is 11.0.